The van der Waals surface area contributed by atoms with Gasteiger partial charge < -0.3 is 24.2 Å². The second-order valence-electron chi connectivity index (χ2n) is 6.81. The first-order valence-corrected chi connectivity index (χ1v) is 9.59. The molecule has 0 saturated carbocycles. The Morgan fingerprint density at radius 2 is 1.89 bits per heavy atom. The average molecular weight is 380 g/mol. The molecule has 1 amide bonds. The molecule has 1 aromatic rings. The van der Waals surface area contributed by atoms with E-state index in [1.165, 1.54) is 11.1 Å². The molecule has 7 nitrogen and oxygen atoms in total. The second kappa shape index (κ2) is 11.1. The van der Waals surface area contributed by atoms with Gasteiger partial charge in [-0.2, -0.15) is 0 Å². The molecule has 0 spiro atoms. The molecule has 27 heavy (non-hydrogen) atoms. The number of aryl methyl sites for hydroxylation is 2. The Morgan fingerprint density at radius 1 is 1.15 bits per heavy atom. The third-order valence-electron chi connectivity index (χ3n) is 4.65. The lowest BCUT2D eigenvalue weighted by atomic mass is 10.1. The van der Waals surface area contributed by atoms with Crippen molar-refractivity contribution in [2.45, 2.75) is 26.9 Å². The van der Waals surface area contributed by atoms with Crippen molar-refractivity contribution in [2.24, 2.45) is 0 Å². The molecule has 0 bridgehead atoms. The normalized spacial score (nSPS) is 16.2. The van der Waals surface area contributed by atoms with Crippen LogP contribution in [0.15, 0.2) is 18.2 Å². The number of piperazine rings is 1. The van der Waals surface area contributed by atoms with Gasteiger partial charge in [0.15, 0.2) is 0 Å². The summed E-state index contributed by atoms with van der Waals surface area (Å²) in [7, 11) is 0. The van der Waals surface area contributed by atoms with Gasteiger partial charge in [-0.15, -0.1) is 0 Å². The standard InChI is InChI=1S/C20H32N2O5/c1-4-26-20(24)22-9-7-21(8-10-22)14-18(23)15-25-11-12-27-19-6-5-16(2)17(3)13-19/h5-6,13,18,23H,4,7-12,14-15H2,1-3H3. The molecule has 1 atom stereocenters. The number of hydrogen-bond acceptors (Lipinski definition) is 6. The topological polar surface area (TPSA) is 71.5 Å². The van der Waals surface area contributed by atoms with E-state index >= 15 is 0 Å². The number of amides is 1. The minimum atomic E-state index is -0.555. The molecular formula is C20H32N2O5. The monoisotopic (exact) mass is 380 g/mol. The van der Waals surface area contributed by atoms with Crippen LogP contribution in [0.3, 0.4) is 0 Å². The molecule has 1 aliphatic rings. The fourth-order valence-corrected chi connectivity index (χ4v) is 2.92. The predicted molar refractivity (Wildman–Crippen MR) is 103 cm³/mol. The van der Waals surface area contributed by atoms with Crippen LogP contribution in [0.2, 0.25) is 0 Å². The van der Waals surface area contributed by atoms with Crippen LogP contribution in [0.5, 0.6) is 5.75 Å². The van der Waals surface area contributed by atoms with Gasteiger partial charge >= 0.3 is 6.09 Å². The predicted octanol–water partition coefficient (Wildman–Crippen LogP) is 1.83. The van der Waals surface area contributed by atoms with Gasteiger partial charge in [-0.3, -0.25) is 4.90 Å². The number of hydrogen-bond donors (Lipinski definition) is 1. The lowest BCUT2D eigenvalue weighted by molar-refractivity contribution is -0.0000960. The summed E-state index contributed by atoms with van der Waals surface area (Å²) >= 11 is 0. The van der Waals surface area contributed by atoms with Gasteiger partial charge in [0.2, 0.25) is 0 Å². The fraction of sp³-hybridized carbons (Fsp3) is 0.650. The van der Waals surface area contributed by atoms with Crippen LogP contribution in [-0.4, -0.2) is 86.3 Å². The van der Waals surface area contributed by atoms with Gasteiger partial charge in [-0.1, -0.05) is 6.07 Å². The molecule has 152 valence electrons. The van der Waals surface area contributed by atoms with Gasteiger partial charge in [-0.05, 0) is 44.0 Å². The molecule has 1 unspecified atom stereocenters. The van der Waals surface area contributed by atoms with Crippen LogP contribution in [0.4, 0.5) is 4.79 Å². The number of ether oxygens (including phenoxy) is 3. The zero-order chi connectivity index (χ0) is 19.6. The van der Waals surface area contributed by atoms with Crippen molar-refractivity contribution in [3.63, 3.8) is 0 Å². The Morgan fingerprint density at radius 3 is 2.56 bits per heavy atom. The average Bonchev–Trinajstić information content (AvgIpc) is 2.65. The molecule has 7 heteroatoms. The maximum Gasteiger partial charge on any atom is 0.409 e. The van der Waals surface area contributed by atoms with Crippen molar-refractivity contribution < 1.29 is 24.1 Å². The molecular weight excluding hydrogens is 348 g/mol. The van der Waals surface area contributed by atoms with Crippen LogP contribution in [0, 0.1) is 13.8 Å². The van der Waals surface area contributed by atoms with Gasteiger partial charge in [0.05, 0.1) is 25.9 Å². The summed E-state index contributed by atoms with van der Waals surface area (Å²) in [6, 6.07) is 6.00. The number of aliphatic hydroxyl groups is 1. The van der Waals surface area contributed by atoms with E-state index in [2.05, 4.69) is 18.7 Å². The van der Waals surface area contributed by atoms with Crippen LogP contribution in [0.1, 0.15) is 18.1 Å². The molecule has 2 rings (SSSR count). The minimum Gasteiger partial charge on any atom is -0.491 e. The van der Waals surface area contributed by atoms with E-state index in [4.69, 9.17) is 14.2 Å². The Hall–Kier alpha value is -1.83. The molecule has 0 radical (unpaired) electrons. The van der Waals surface area contributed by atoms with Crippen LogP contribution >= 0.6 is 0 Å². The lowest BCUT2D eigenvalue weighted by Crippen LogP contribution is -2.51. The van der Waals surface area contributed by atoms with E-state index < -0.39 is 6.10 Å². The highest BCUT2D eigenvalue weighted by atomic mass is 16.6. The molecule has 1 heterocycles. The molecule has 1 saturated heterocycles. The van der Waals surface area contributed by atoms with E-state index in [-0.39, 0.29) is 12.7 Å². The molecule has 1 fully saturated rings. The molecule has 1 N–H and O–H groups in total. The van der Waals surface area contributed by atoms with E-state index in [0.29, 0.717) is 39.5 Å². The van der Waals surface area contributed by atoms with Gasteiger partial charge in [0.1, 0.15) is 12.4 Å². The number of carbonyl (C=O) groups is 1. The number of rotatable bonds is 9. The van der Waals surface area contributed by atoms with Crippen molar-refractivity contribution in [1.29, 1.82) is 0 Å². The quantitative estimate of drug-likeness (QED) is 0.659. The lowest BCUT2D eigenvalue weighted by Gasteiger charge is -2.34. The first-order valence-electron chi connectivity index (χ1n) is 9.59. The minimum absolute atomic E-state index is 0.259. The number of β-amino-alcohol motifs (C(OH)–C–C–N with tert-alkyl or cyclic N) is 1. The molecule has 1 aliphatic heterocycles. The number of benzene rings is 1. The first kappa shape index (κ1) is 21.5. The van der Waals surface area contributed by atoms with Gasteiger partial charge in [0.25, 0.3) is 0 Å². The summed E-state index contributed by atoms with van der Waals surface area (Å²) in [5.41, 5.74) is 2.44. The summed E-state index contributed by atoms with van der Waals surface area (Å²) in [5.74, 6) is 0.835. The van der Waals surface area contributed by atoms with Crippen molar-refractivity contribution in [3.05, 3.63) is 29.3 Å². The summed E-state index contributed by atoms with van der Waals surface area (Å²) in [4.78, 5) is 15.5. The molecule has 0 aromatic heterocycles. The summed E-state index contributed by atoms with van der Waals surface area (Å²) in [5, 5.41) is 10.1. The van der Waals surface area contributed by atoms with Crippen molar-refractivity contribution in [3.8, 4) is 5.75 Å². The van der Waals surface area contributed by atoms with Crippen LogP contribution in [-0.2, 0) is 9.47 Å². The Labute approximate surface area is 161 Å². The first-order chi connectivity index (χ1) is 13.0. The Balaban J connectivity index is 1.55. The third kappa shape index (κ3) is 7.36. The van der Waals surface area contributed by atoms with Gasteiger partial charge in [-0.25, -0.2) is 4.79 Å². The number of aliphatic hydroxyl groups excluding tert-OH is 1. The highest BCUT2D eigenvalue weighted by Crippen LogP contribution is 2.16. The van der Waals surface area contributed by atoms with E-state index in [9.17, 15) is 9.90 Å². The van der Waals surface area contributed by atoms with Crippen molar-refractivity contribution in [2.75, 3.05) is 59.2 Å². The van der Waals surface area contributed by atoms with Crippen molar-refractivity contribution >= 4 is 6.09 Å². The summed E-state index contributed by atoms with van der Waals surface area (Å²) in [6.07, 6.45) is -0.814. The summed E-state index contributed by atoms with van der Waals surface area (Å²) in [6.45, 7) is 10.7. The van der Waals surface area contributed by atoms with Crippen LogP contribution in [0.25, 0.3) is 0 Å². The molecule has 1 aromatic carbocycles. The maximum absolute atomic E-state index is 11.7. The van der Waals surface area contributed by atoms with E-state index in [1.807, 2.05) is 18.2 Å². The Bertz CT molecular complexity index is 588. The largest absolute Gasteiger partial charge is 0.491 e. The zero-order valence-corrected chi connectivity index (χ0v) is 16.6. The molecule has 0 aliphatic carbocycles. The van der Waals surface area contributed by atoms with E-state index in [1.54, 1.807) is 11.8 Å². The van der Waals surface area contributed by atoms with E-state index in [0.717, 1.165) is 18.8 Å². The van der Waals surface area contributed by atoms with Crippen molar-refractivity contribution in [1.82, 2.24) is 9.80 Å². The maximum atomic E-state index is 11.7. The SMILES string of the molecule is CCOC(=O)N1CCN(CC(O)COCCOc2ccc(C)c(C)c2)CC1. The highest BCUT2D eigenvalue weighted by Gasteiger charge is 2.23. The summed E-state index contributed by atoms with van der Waals surface area (Å²) < 4.78 is 16.2. The fourth-order valence-electron chi connectivity index (χ4n) is 2.92. The highest BCUT2D eigenvalue weighted by molar-refractivity contribution is 5.67. The smallest absolute Gasteiger partial charge is 0.409 e. The zero-order valence-electron chi connectivity index (χ0n) is 16.6. The second-order valence-corrected chi connectivity index (χ2v) is 6.81. The van der Waals surface area contributed by atoms with Crippen LogP contribution < -0.4 is 4.74 Å². The third-order valence-corrected chi connectivity index (χ3v) is 4.65. The number of carbonyl (C=O) groups excluding carboxylic acids is 1. The van der Waals surface area contributed by atoms with Gasteiger partial charge in [0, 0.05) is 32.7 Å². The Kier molecular flexibility index (Phi) is 8.84. The number of nitrogens with zero attached hydrogens (tertiary/aromatic N) is 2.